The number of hydrogen-bond donors (Lipinski definition) is 2. The number of likely N-dealkylation sites (tertiary alicyclic amines) is 1. The van der Waals surface area contributed by atoms with Crippen molar-refractivity contribution in [3.8, 4) is 17.2 Å². The number of ether oxygens (including phenoxy) is 3. The quantitative estimate of drug-likeness (QED) is 0.635. The van der Waals surface area contributed by atoms with Gasteiger partial charge in [-0.3, -0.25) is 4.79 Å². The number of benzene rings is 2. The van der Waals surface area contributed by atoms with Gasteiger partial charge in [0.2, 0.25) is 11.7 Å². The molecule has 0 spiro atoms. The van der Waals surface area contributed by atoms with Gasteiger partial charge in [0, 0.05) is 25.3 Å². The maximum atomic E-state index is 13.0. The number of anilines is 1. The molecule has 0 aliphatic carbocycles. The second kappa shape index (κ2) is 11.4. The molecule has 0 radical (unpaired) electrons. The smallest absolute Gasteiger partial charge is 0.319 e. The number of piperidine rings is 1. The van der Waals surface area contributed by atoms with Crippen molar-refractivity contribution in [1.29, 1.82) is 0 Å². The van der Waals surface area contributed by atoms with Crippen LogP contribution in [-0.4, -0.2) is 57.8 Å². The SMILES string of the molecule is COc1cc(CC(=O)N2CCCC(CNC(=O)Nc3ccc(C)cc3)C2)cc(OC)c1OC. The van der Waals surface area contributed by atoms with E-state index >= 15 is 0 Å². The van der Waals surface area contributed by atoms with E-state index in [9.17, 15) is 9.59 Å². The lowest BCUT2D eigenvalue weighted by atomic mass is 9.97. The van der Waals surface area contributed by atoms with Crippen LogP contribution in [0.25, 0.3) is 0 Å². The van der Waals surface area contributed by atoms with Crippen molar-refractivity contribution in [1.82, 2.24) is 10.2 Å². The van der Waals surface area contributed by atoms with Crippen molar-refractivity contribution < 1.29 is 23.8 Å². The fourth-order valence-electron chi connectivity index (χ4n) is 4.03. The summed E-state index contributed by atoms with van der Waals surface area (Å²) in [5, 5.41) is 5.77. The summed E-state index contributed by atoms with van der Waals surface area (Å²) in [6, 6.07) is 11.0. The number of carbonyl (C=O) groups excluding carboxylic acids is 2. The number of carbonyl (C=O) groups is 2. The minimum atomic E-state index is -0.236. The highest BCUT2D eigenvalue weighted by atomic mass is 16.5. The fourth-order valence-corrected chi connectivity index (χ4v) is 4.03. The average molecular weight is 456 g/mol. The Morgan fingerprint density at radius 1 is 1.03 bits per heavy atom. The first-order valence-electron chi connectivity index (χ1n) is 11.1. The van der Waals surface area contributed by atoms with Gasteiger partial charge in [-0.15, -0.1) is 0 Å². The highest BCUT2D eigenvalue weighted by Gasteiger charge is 2.25. The lowest BCUT2D eigenvalue weighted by Gasteiger charge is -2.33. The molecular formula is C25H33N3O5. The molecule has 1 atom stereocenters. The first kappa shape index (κ1) is 24.2. The van der Waals surface area contributed by atoms with Gasteiger partial charge in [-0.05, 0) is 55.5 Å². The monoisotopic (exact) mass is 455 g/mol. The third kappa shape index (κ3) is 6.54. The molecule has 33 heavy (non-hydrogen) atoms. The van der Waals surface area contributed by atoms with E-state index in [1.165, 1.54) is 0 Å². The van der Waals surface area contributed by atoms with E-state index in [0.29, 0.717) is 30.3 Å². The summed E-state index contributed by atoms with van der Waals surface area (Å²) in [4.78, 5) is 27.1. The molecule has 3 amide bonds. The van der Waals surface area contributed by atoms with Gasteiger partial charge in [0.15, 0.2) is 11.5 Å². The summed E-state index contributed by atoms with van der Waals surface area (Å²) in [5.74, 6) is 1.81. The Morgan fingerprint density at radius 3 is 2.30 bits per heavy atom. The number of urea groups is 1. The number of aryl methyl sites for hydroxylation is 1. The lowest BCUT2D eigenvalue weighted by Crippen LogP contribution is -2.44. The molecule has 1 unspecified atom stereocenters. The van der Waals surface area contributed by atoms with Crippen LogP contribution in [0.1, 0.15) is 24.0 Å². The van der Waals surface area contributed by atoms with Crippen LogP contribution in [0, 0.1) is 12.8 Å². The van der Waals surface area contributed by atoms with Crippen molar-refractivity contribution in [2.75, 3.05) is 46.3 Å². The van der Waals surface area contributed by atoms with Crippen LogP contribution < -0.4 is 24.8 Å². The zero-order chi connectivity index (χ0) is 23.8. The van der Waals surface area contributed by atoms with Crippen LogP contribution >= 0.6 is 0 Å². The van der Waals surface area contributed by atoms with E-state index in [-0.39, 0.29) is 24.3 Å². The molecule has 0 bridgehead atoms. The second-order valence-electron chi connectivity index (χ2n) is 8.26. The molecular weight excluding hydrogens is 422 g/mol. The zero-order valence-electron chi connectivity index (χ0n) is 19.8. The maximum Gasteiger partial charge on any atom is 0.319 e. The van der Waals surface area contributed by atoms with Gasteiger partial charge in [-0.1, -0.05) is 17.7 Å². The fraction of sp³-hybridized carbons (Fsp3) is 0.440. The van der Waals surface area contributed by atoms with Crippen molar-refractivity contribution in [3.63, 3.8) is 0 Å². The molecule has 0 aromatic heterocycles. The van der Waals surface area contributed by atoms with Gasteiger partial charge in [-0.25, -0.2) is 4.79 Å². The highest BCUT2D eigenvalue weighted by Crippen LogP contribution is 2.38. The molecule has 1 aliphatic rings. The van der Waals surface area contributed by atoms with Crippen LogP contribution in [0.5, 0.6) is 17.2 Å². The Balaban J connectivity index is 1.54. The number of nitrogens with zero attached hydrogens (tertiary/aromatic N) is 1. The number of amides is 3. The van der Waals surface area contributed by atoms with E-state index in [2.05, 4.69) is 10.6 Å². The topological polar surface area (TPSA) is 89.1 Å². The Bertz CT molecular complexity index is 936. The van der Waals surface area contributed by atoms with Crippen molar-refractivity contribution in [2.45, 2.75) is 26.2 Å². The van der Waals surface area contributed by atoms with E-state index in [4.69, 9.17) is 14.2 Å². The largest absolute Gasteiger partial charge is 0.493 e. The van der Waals surface area contributed by atoms with E-state index in [1.807, 2.05) is 36.1 Å². The van der Waals surface area contributed by atoms with Crippen LogP contribution in [0.15, 0.2) is 36.4 Å². The van der Waals surface area contributed by atoms with Crippen molar-refractivity contribution >= 4 is 17.6 Å². The predicted octanol–water partition coefficient (Wildman–Crippen LogP) is 3.62. The third-order valence-corrected chi connectivity index (χ3v) is 5.81. The van der Waals surface area contributed by atoms with Gasteiger partial charge in [0.25, 0.3) is 0 Å². The summed E-state index contributed by atoms with van der Waals surface area (Å²) in [6.45, 7) is 3.86. The molecule has 2 N–H and O–H groups in total. The Morgan fingerprint density at radius 2 is 1.70 bits per heavy atom. The molecule has 1 fully saturated rings. The van der Waals surface area contributed by atoms with E-state index in [1.54, 1.807) is 33.5 Å². The second-order valence-corrected chi connectivity index (χ2v) is 8.26. The highest BCUT2D eigenvalue weighted by molar-refractivity contribution is 5.89. The molecule has 2 aromatic carbocycles. The van der Waals surface area contributed by atoms with Gasteiger partial charge in [0.1, 0.15) is 0 Å². The minimum Gasteiger partial charge on any atom is -0.493 e. The predicted molar refractivity (Wildman–Crippen MR) is 127 cm³/mol. The summed E-state index contributed by atoms with van der Waals surface area (Å²) < 4.78 is 16.1. The summed E-state index contributed by atoms with van der Waals surface area (Å²) in [6.07, 6.45) is 2.12. The molecule has 8 nitrogen and oxygen atoms in total. The summed E-state index contributed by atoms with van der Waals surface area (Å²) >= 11 is 0. The molecule has 3 rings (SSSR count). The summed E-state index contributed by atoms with van der Waals surface area (Å²) in [5.41, 5.74) is 2.69. The van der Waals surface area contributed by atoms with Crippen LogP contribution in [0.4, 0.5) is 10.5 Å². The van der Waals surface area contributed by atoms with Crippen molar-refractivity contribution in [3.05, 3.63) is 47.5 Å². The average Bonchev–Trinajstić information content (AvgIpc) is 2.83. The first-order chi connectivity index (χ1) is 15.9. The lowest BCUT2D eigenvalue weighted by molar-refractivity contribution is -0.132. The first-order valence-corrected chi connectivity index (χ1v) is 11.1. The minimum absolute atomic E-state index is 0.0399. The standard InChI is InChI=1S/C25H33N3O5/c1-17-7-9-20(10-8-17)27-25(30)26-15-18-6-5-11-28(16-18)23(29)14-19-12-21(31-2)24(33-4)22(13-19)32-3/h7-10,12-13,18H,5-6,11,14-16H2,1-4H3,(H2,26,27,30). The molecule has 8 heteroatoms. The van der Waals surface area contributed by atoms with E-state index in [0.717, 1.165) is 36.2 Å². The maximum absolute atomic E-state index is 13.0. The number of nitrogens with one attached hydrogen (secondary N) is 2. The Labute approximate surface area is 195 Å². The van der Waals surface area contributed by atoms with Crippen LogP contribution in [-0.2, 0) is 11.2 Å². The Kier molecular flexibility index (Phi) is 8.40. The molecule has 0 saturated carbocycles. The number of rotatable bonds is 8. The van der Waals surface area contributed by atoms with E-state index < -0.39 is 0 Å². The molecule has 2 aromatic rings. The molecule has 1 saturated heterocycles. The third-order valence-electron chi connectivity index (χ3n) is 5.81. The molecule has 1 aliphatic heterocycles. The van der Waals surface area contributed by atoms with Gasteiger partial charge in [-0.2, -0.15) is 0 Å². The van der Waals surface area contributed by atoms with Crippen molar-refractivity contribution in [2.24, 2.45) is 5.92 Å². The normalized spacial score (nSPS) is 15.5. The Hall–Kier alpha value is -3.42. The zero-order valence-corrected chi connectivity index (χ0v) is 19.8. The molecule has 178 valence electrons. The van der Waals surface area contributed by atoms with Crippen LogP contribution in [0.2, 0.25) is 0 Å². The van der Waals surface area contributed by atoms with Gasteiger partial charge < -0.3 is 29.7 Å². The van der Waals surface area contributed by atoms with Crippen LogP contribution in [0.3, 0.4) is 0 Å². The molecule has 1 heterocycles. The number of methoxy groups -OCH3 is 3. The number of hydrogen-bond acceptors (Lipinski definition) is 5. The summed E-state index contributed by atoms with van der Waals surface area (Å²) in [7, 11) is 4.66. The van der Waals surface area contributed by atoms with Gasteiger partial charge in [0.05, 0.1) is 27.8 Å². The van der Waals surface area contributed by atoms with Gasteiger partial charge >= 0.3 is 6.03 Å².